The second-order valence-corrected chi connectivity index (χ2v) is 6.82. The molecule has 1 atom stereocenters. The molecular weight excluding hydrogens is 264 g/mol. The molecule has 2 N–H and O–H groups in total. The lowest BCUT2D eigenvalue weighted by atomic mass is 10.1. The van der Waals surface area contributed by atoms with E-state index in [1.54, 1.807) is 25.3 Å². The van der Waals surface area contributed by atoms with Crippen molar-refractivity contribution in [2.75, 3.05) is 26.7 Å². The van der Waals surface area contributed by atoms with Crippen molar-refractivity contribution in [2.45, 2.75) is 18.2 Å². The third-order valence-electron chi connectivity index (χ3n) is 3.59. The average molecular weight is 284 g/mol. The smallest absolute Gasteiger partial charge is 0.243 e. The lowest BCUT2D eigenvalue weighted by Crippen LogP contribution is -2.30. The molecule has 1 heterocycles. The number of hydrogen-bond donors (Lipinski definition) is 1. The van der Waals surface area contributed by atoms with Gasteiger partial charge in [-0.3, -0.25) is 0 Å². The summed E-state index contributed by atoms with van der Waals surface area (Å²) in [4.78, 5) is 0.323. The van der Waals surface area contributed by atoms with E-state index in [9.17, 15) is 8.42 Å². The number of sulfonamides is 1. The Morgan fingerprint density at radius 2 is 2.21 bits per heavy atom. The summed E-state index contributed by atoms with van der Waals surface area (Å²) in [6, 6.07) is 4.94. The summed E-state index contributed by atoms with van der Waals surface area (Å²) in [7, 11) is -1.83. The van der Waals surface area contributed by atoms with Gasteiger partial charge in [0.15, 0.2) is 0 Å². The summed E-state index contributed by atoms with van der Waals surface area (Å²) < 4.78 is 31.7. The Labute approximate surface area is 114 Å². The standard InChI is InChI=1S/C13H20N2O3S/c1-10-7-12(3-4-13(10)18-2)19(16,17)15-6-5-11(8-14)9-15/h3-4,7,11H,5-6,8-9,14H2,1-2H3/t11-/m0/s1. The molecule has 1 fully saturated rings. The highest BCUT2D eigenvalue weighted by atomic mass is 32.2. The predicted octanol–water partition coefficient (Wildman–Crippen LogP) is 0.973. The number of ether oxygens (including phenoxy) is 1. The molecule has 19 heavy (non-hydrogen) atoms. The molecule has 1 aliphatic heterocycles. The molecule has 0 unspecified atom stereocenters. The fourth-order valence-electron chi connectivity index (χ4n) is 2.37. The molecule has 2 rings (SSSR count). The molecular formula is C13H20N2O3S. The summed E-state index contributed by atoms with van der Waals surface area (Å²) in [6.07, 6.45) is 0.838. The maximum absolute atomic E-state index is 12.5. The highest BCUT2D eigenvalue weighted by Crippen LogP contribution is 2.27. The highest BCUT2D eigenvalue weighted by Gasteiger charge is 2.32. The molecule has 0 aliphatic carbocycles. The van der Waals surface area contributed by atoms with Crippen molar-refractivity contribution in [2.24, 2.45) is 11.7 Å². The van der Waals surface area contributed by atoms with Crippen LogP contribution in [0.3, 0.4) is 0 Å². The van der Waals surface area contributed by atoms with Crippen molar-refractivity contribution in [3.63, 3.8) is 0 Å². The topological polar surface area (TPSA) is 72.6 Å². The van der Waals surface area contributed by atoms with Gasteiger partial charge in [0.1, 0.15) is 5.75 Å². The van der Waals surface area contributed by atoms with Crippen molar-refractivity contribution in [3.05, 3.63) is 23.8 Å². The van der Waals surface area contributed by atoms with Crippen LogP contribution in [-0.4, -0.2) is 39.5 Å². The minimum Gasteiger partial charge on any atom is -0.496 e. The fraction of sp³-hybridized carbons (Fsp3) is 0.538. The largest absolute Gasteiger partial charge is 0.496 e. The Kier molecular flexibility index (Phi) is 4.13. The highest BCUT2D eigenvalue weighted by molar-refractivity contribution is 7.89. The predicted molar refractivity (Wildman–Crippen MR) is 73.7 cm³/mol. The van der Waals surface area contributed by atoms with Crippen LogP contribution in [0.15, 0.2) is 23.1 Å². The molecule has 0 bridgehead atoms. The van der Waals surface area contributed by atoms with Crippen molar-refractivity contribution < 1.29 is 13.2 Å². The SMILES string of the molecule is COc1ccc(S(=O)(=O)N2CC[C@@H](CN)C2)cc1C. The molecule has 1 aliphatic rings. The van der Waals surface area contributed by atoms with Crippen LogP contribution in [0, 0.1) is 12.8 Å². The van der Waals surface area contributed by atoms with Gasteiger partial charge in [0, 0.05) is 13.1 Å². The van der Waals surface area contributed by atoms with Gasteiger partial charge in [-0.05, 0) is 49.6 Å². The molecule has 106 valence electrons. The Hall–Kier alpha value is -1.11. The van der Waals surface area contributed by atoms with Crippen molar-refractivity contribution in [1.29, 1.82) is 0 Å². The number of nitrogens with two attached hydrogens (primary N) is 1. The van der Waals surface area contributed by atoms with E-state index in [2.05, 4.69) is 0 Å². The van der Waals surface area contributed by atoms with Crippen LogP contribution in [0.4, 0.5) is 0 Å². The monoisotopic (exact) mass is 284 g/mol. The van der Waals surface area contributed by atoms with E-state index in [0.29, 0.717) is 30.3 Å². The van der Waals surface area contributed by atoms with E-state index in [1.807, 2.05) is 6.92 Å². The first-order valence-electron chi connectivity index (χ1n) is 6.34. The lowest BCUT2D eigenvalue weighted by Gasteiger charge is -2.17. The zero-order valence-corrected chi connectivity index (χ0v) is 12.1. The van der Waals surface area contributed by atoms with Gasteiger partial charge in [0.25, 0.3) is 0 Å². The van der Waals surface area contributed by atoms with Gasteiger partial charge in [-0.2, -0.15) is 4.31 Å². The minimum atomic E-state index is -3.41. The summed E-state index contributed by atoms with van der Waals surface area (Å²) in [6.45, 7) is 3.44. The van der Waals surface area contributed by atoms with E-state index in [1.165, 1.54) is 4.31 Å². The molecule has 0 saturated carbocycles. The number of benzene rings is 1. The number of hydrogen-bond acceptors (Lipinski definition) is 4. The van der Waals surface area contributed by atoms with E-state index in [0.717, 1.165) is 12.0 Å². The van der Waals surface area contributed by atoms with Crippen LogP contribution in [0.25, 0.3) is 0 Å². The Bertz CT molecular complexity index is 557. The molecule has 0 amide bonds. The van der Waals surface area contributed by atoms with Crippen molar-refractivity contribution in [1.82, 2.24) is 4.31 Å². The van der Waals surface area contributed by atoms with Gasteiger partial charge < -0.3 is 10.5 Å². The van der Waals surface area contributed by atoms with Crippen LogP contribution in [0.2, 0.25) is 0 Å². The van der Waals surface area contributed by atoms with Crippen LogP contribution in [0.1, 0.15) is 12.0 Å². The summed E-state index contributed by atoms with van der Waals surface area (Å²) in [5, 5.41) is 0. The fourth-order valence-corrected chi connectivity index (χ4v) is 3.98. The van der Waals surface area contributed by atoms with Crippen LogP contribution in [0.5, 0.6) is 5.75 Å². The second-order valence-electron chi connectivity index (χ2n) is 4.88. The number of aryl methyl sites for hydroxylation is 1. The third kappa shape index (κ3) is 2.75. The molecule has 0 spiro atoms. The minimum absolute atomic E-state index is 0.272. The van der Waals surface area contributed by atoms with Crippen LogP contribution >= 0.6 is 0 Å². The van der Waals surface area contributed by atoms with Crippen molar-refractivity contribution >= 4 is 10.0 Å². The van der Waals surface area contributed by atoms with Gasteiger partial charge >= 0.3 is 0 Å². The van der Waals surface area contributed by atoms with E-state index in [-0.39, 0.29) is 5.92 Å². The first kappa shape index (κ1) is 14.3. The van der Waals surface area contributed by atoms with Gasteiger partial charge in [-0.15, -0.1) is 0 Å². The molecule has 5 nitrogen and oxygen atoms in total. The van der Waals surface area contributed by atoms with E-state index >= 15 is 0 Å². The van der Waals surface area contributed by atoms with Gasteiger partial charge in [0.05, 0.1) is 12.0 Å². The maximum atomic E-state index is 12.5. The van der Waals surface area contributed by atoms with Crippen LogP contribution in [-0.2, 0) is 10.0 Å². The normalized spacial score (nSPS) is 20.7. The Balaban J connectivity index is 2.27. The third-order valence-corrected chi connectivity index (χ3v) is 5.45. The molecule has 6 heteroatoms. The molecule has 1 saturated heterocycles. The van der Waals surface area contributed by atoms with Gasteiger partial charge in [-0.25, -0.2) is 8.42 Å². The maximum Gasteiger partial charge on any atom is 0.243 e. The van der Waals surface area contributed by atoms with E-state index in [4.69, 9.17) is 10.5 Å². The molecule has 0 aromatic heterocycles. The number of nitrogens with zero attached hydrogens (tertiary/aromatic N) is 1. The average Bonchev–Trinajstić information content (AvgIpc) is 2.88. The van der Waals surface area contributed by atoms with Crippen LogP contribution < -0.4 is 10.5 Å². The quantitative estimate of drug-likeness (QED) is 0.894. The van der Waals surface area contributed by atoms with Gasteiger partial charge in [-0.1, -0.05) is 0 Å². The zero-order chi connectivity index (χ0) is 14.0. The summed E-state index contributed by atoms with van der Waals surface area (Å²) >= 11 is 0. The molecule has 1 aromatic rings. The molecule has 0 radical (unpaired) electrons. The summed E-state index contributed by atoms with van der Waals surface area (Å²) in [5.41, 5.74) is 6.42. The Morgan fingerprint density at radius 1 is 1.47 bits per heavy atom. The first-order chi connectivity index (χ1) is 8.98. The van der Waals surface area contributed by atoms with E-state index < -0.39 is 10.0 Å². The number of methoxy groups -OCH3 is 1. The lowest BCUT2D eigenvalue weighted by molar-refractivity contribution is 0.411. The Morgan fingerprint density at radius 3 is 2.74 bits per heavy atom. The van der Waals surface area contributed by atoms with Gasteiger partial charge in [0.2, 0.25) is 10.0 Å². The second kappa shape index (κ2) is 5.48. The zero-order valence-electron chi connectivity index (χ0n) is 11.3. The first-order valence-corrected chi connectivity index (χ1v) is 7.78. The summed E-state index contributed by atoms with van der Waals surface area (Å²) in [5.74, 6) is 0.967. The number of rotatable bonds is 4. The molecule has 1 aromatic carbocycles. The van der Waals surface area contributed by atoms with Crippen molar-refractivity contribution in [3.8, 4) is 5.75 Å².